The van der Waals surface area contributed by atoms with Crippen LogP contribution in [0.15, 0.2) is 53.6 Å². The molecule has 0 bridgehead atoms. The van der Waals surface area contributed by atoms with Crippen molar-refractivity contribution in [1.29, 1.82) is 0 Å². The lowest BCUT2D eigenvalue weighted by atomic mass is 9.89. The van der Waals surface area contributed by atoms with Gasteiger partial charge in [-0.2, -0.15) is 5.10 Å². The Kier molecular flexibility index (Phi) is 5.26. The first-order valence-corrected chi connectivity index (χ1v) is 12.5. The number of ether oxygens (including phenoxy) is 5. The monoisotopic (exact) mass is 524 g/mol. The van der Waals surface area contributed by atoms with E-state index in [4.69, 9.17) is 23.7 Å². The summed E-state index contributed by atoms with van der Waals surface area (Å²) in [6, 6.07) is 14.9. The molecule has 4 aromatic carbocycles. The van der Waals surface area contributed by atoms with Gasteiger partial charge in [0.05, 0.1) is 39.1 Å². The first kappa shape index (κ1) is 23.2. The van der Waals surface area contributed by atoms with Gasteiger partial charge < -0.3 is 28.8 Å². The molecule has 0 radical (unpaired) electrons. The van der Waals surface area contributed by atoms with Crippen molar-refractivity contribution in [3.8, 4) is 45.6 Å². The van der Waals surface area contributed by atoms with E-state index in [0.29, 0.717) is 57.1 Å². The highest BCUT2D eigenvalue weighted by Crippen LogP contribution is 2.49. The van der Waals surface area contributed by atoms with E-state index in [-0.39, 0.29) is 25.0 Å². The van der Waals surface area contributed by atoms with Gasteiger partial charge in [-0.1, -0.05) is 18.2 Å². The van der Waals surface area contributed by atoms with Crippen molar-refractivity contribution in [2.75, 3.05) is 27.6 Å². The van der Waals surface area contributed by atoms with Gasteiger partial charge >= 0.3 is 0 Å². The molecule has 196 valence electrons. The topological polar surface area (TPSA) is 99.0 Å². The Morgan fingerprint density at radius 1 is 0.897 bits per heavy atom. The van der Waals surface area contributed by atoms with E-state index in [2.05, 4.69) is 5.10 Å². The minimum absolute atomic E-state index is 0.00225. The SMILES string of the molecule is COc1cc2c(O)c3c(c(-c4ccc5c(c4)OCO5)c2cc1OC)C(=O)N(/N=C/c1ccc2c(c1)OCC2)C3. The number of phenolic OH excluding ortho intramolecular Hbond substituents is 1. The maximum Gasteiger partial charge on any atom is 0.275 e. The summed E-state index contributed by atoms with van der Waals surface area (Å²) in [4.78, 5) is 13.9. The van der Waals surface area contributed by atoms with E-state index < -0.39 is 0 Å². The summed E-state index contributed by atoms with van der Waals surface area (Å²) in [5.74, 6) is 2.68. The molecule has 9 nitrogen and oxygen atoms in total. The Hall–Kier alpha value is -4.92. The van der Waals surface area contributed by atoms with Gasteiger partial charge in [0.25, 0.3) is 5.91 Å². The molecule has 0 fully saturated rings. The van der Waals surface area contributed by atoms with E-state index in [1.54, 1.807) is 25.5 Å². The van der Waals surface area contributed by atoms with Crippen LogP contribution in [0.3, 0.4) is 0 Å². The molecule has 0 aromatic heterocycles. The van der Waals surface area contributed by atoms with Crippen LogP contribution in [0.5, 0.6) is 34.5 Å². The summed E-state index contributed by atoms with van der Waals surface area (Å²) in [5, 5.41) is 18.5. The quantitative estimate of drug-likeness (QED) is 0.372. The van der Waals surface area contributed by atoms with Crippen LogP contribution in [0, 0.1) is 0 Å². The molecule has 0 atom stereocenters. The summed E-state index contributed by atoms with van der Waals surface area (Å²) >= 11 is 0. The van der Waals surface area contributed by atoms with Crippen LogP contribution < -0.4 is 23.7 Å². The summed E-state index contributed by atoms with van der Waals surface area (Å²) in [6.07, 6.45) is 2.52. The zero-order valence-corrected chi connectivity index (χ0v) is 21.3. The molecule has 3 aliphatic heterocycles. The minimum Gasteiger partial charge on any atom is -0.507 e. The van der Waals surface area contributed by atoms with Crippen molar-refractivity contribution >= 4 is 22.9 Å². The zero-order valence-electron chi connectivity index (χ0n) is 21.3. The van der Waals surface area contributed by atoms with Crippen LogP contribution in [0.4, 0.5) is 0 Å². The number of hydrogen-bond acceptors (Lipinski definition) is 8. The molecular formula is C30H24N2O7. The normalized spacial score (nSPS) is 15.1. The van der Waals surface area contributed by atoms with Crippen LogP contribution >= 0.6 is 0 Å². The third kappa shape index (κ3) is 3.61. The summed E-state index contributed by atoms with van der Waals surface area (Å²) in [5.41, 5.74) is 4.22. The number of carbonyl (C=O) groups is 1. The van der Waals surface area contributed by atoms with Crippen molar-refractivity contribution in [2.45, 2.75) is 13.0 Å². The average Bonchev–Trinajstić information content (AvgIpc) is 3.70. The second kappa shape index (κ2) is 8.83. The number of hydrazone groups is 1. The molecule has 4 aromatic rings. The molecule has 1 N–H and O–H groups in total. The van der Waals surface area contributed by atoms with Gasteiger partial charge in [0.2, 0.25) is 6.79 Å². The Bertz CT molecular complexity index is 1710. The molecule has 0 saturated carbocycles. The van der Waals surface area contributed by atoms with Gasteiger partial charge in [-0.15, -0.1) is 0 Å². The molecule has 3 heterocycles. The highest BCUT2D eigenvalue weighted by atomic mass is 16.7. The molecule has 0 aliphatic carbocycles. The van der Waals surface area contributed by atoms with Crippen LogP contribution in [0.25, 0.3) is 21.9 Å². The van der Waals surface area contributed by atoms with E-state index in [1.807, 2.05) is 36.4 Å². The van der Waals surface area contributed by atoms with E-state index in [9.17, 15) is 9.90 Å². The fourth-order valence-corrected chi connectivity index (χ4v) is 5.43. The van der Waals surface area contributed by atoms with Gasteiger partial charge in [0.15, 0.2) is 23.0 Å². The maximum atomic E-state index is 13.9. The number of hydrogen-bond donors (Lipinski definition) is 1. The number of benzene rings is 4. The van der Waals surface area contributed by atoms with Gasteiger partial charge in [-0.05, 0) is 52.4 Å². The predicted molar refractivity (Wildman–Crippen MR) is 143 cm³/mol. The van der Waals surface area contributed by atoms with Crippen LogP contribution in [0.1, 0.15) is 27.0 Å². The lowest BCUT2D eigenvalue weighted by Gasteiger charge is -2.17. The molecule has 0 unspecified atom stereocenters. The molecule has 7 rings (SSSR count). The molecular weight excluding hydrogens is 500 g/mol. The highest BCUT2D eigenvalue weighted by molar-refractivity contribution is 6.15. The van der Waals surface area contributed by atoms with Gasteiger partial charge in [-0.3, -0.25) is 4.79 Å². The van der Waals surface area contributed by atoms with Crippen LogP contribution in [-0.2, 0) is 13.0 Å². The van der Waals surface area contributed by atoms with Gasteiger partial charge in [-0.25, -0.2) is 5.01 Å². The average molecular weight is 525 g/mol. The number of fused-ring (bicyclic) bond motifs is 4. The van der Waals surface area contributed by atoms with Crippen molar-refractivity contribution in [2.24, 2.45) is 5.10 Å². The van der Waals surface area contributed by atoms with Gasteiger partial charge in [0, 0.05) is 22.9 Å². The number of rotatable bonds is 5. The Balaban J connectivity index is 1.39. The van der Waals surface area contributed by atoms with Crippen molar-refractivity contribution in [3.05, 3.63) is 70.8 Å². The number of aromatic hydroxyl groups is 1. The molecule has 3 aliphatic rings. The van der Waals surface area contributed by atoms with E-state index in [1.165, 1.54) is 12.1 Å². The Morgan fingerprint density at radius 2 is 1.69 bits per heavy atom. The number of nitrogens with zero attached hydrogens (tertiary/aromatic N) is 2. The predicted octanol–water partition coefficient (Wildman–Crippen LogP) is 4.88. The summed E-state index contributed by atoms with van der Waals surface area (Å²) in [6.45, 7) is 0.911. The first-order valence-electron chi connectivity index (χ1n) is 12.5. The maximum absolute atomic E-state index is 13.9. The number of methoxy groups -OCH3 is 2. The van der Waals surface area contributed by atoms with Crippen LogP contribution in [0.2, 0.25) is 0 Å². The molecule has 0 saturated heterocycles. The zero-order chi connectivity index (χ0) is 26.7. The van der Waals surface area contributed by atoms with Gasteiger partial charge in [0.1, 0.15) is 11.5 Å². The second-order valence-electron chi connectivity index (χ2n) is 9.47. The third-order valence-corrected chi connectivity index (χ3v) is 7.37. The van der Waals surface area contributed by atoms with Crippen molar-refractivity contribution in [1.82, 2.24) is 5.01 Å². The van der Waals surface area contributed by atoms with E-state index >= 15 is 0 Å². The number of carbonyl (C=O) groups excluding carboxylic acids is 1. The Morgan fingerprint density at radius 3 is 2.51 bits per heavy atom. The molecule has 1 amide bonds. The van der Waals surface area contributed by atoms with Crippen molar-refractivity contribution < 1.29 is 33.6 Å². The van der Waals surface area contributed by atoms with Crippen molar-refractivity contribution in [3.63, 3.8) is 0 Å². The first-order chi connectivity index (χ1) is 19.1. The lowest BCUT2D eigenvalue weighted by molar-refractivity contribution is 0.0785. The molecule has 39 heavy (non-hydrogen) atoms. The number of phenols is 1. The largest absolute Gasteiger partial charge is 0.507 e. The molecule has 9 heteroatoms. The fraction of sp³-hybridized carbons (Fsp3) is 0.200. The highest BCUT2D eigenvalue weighted by Gasteiger charge is 2.36. The minimum atomic E-state index is -0.321. The smallest absolute Gasteiger partial charge is 0.275 e. The summed E-state index contributed by atoms with van der Waals surface area (Å²) < 4.78 is 27.8. The lowest BCUT2D eigenvalue weighted by Crippen LogP contribution is -2.18. The standard InChI is InChI=1S/C30H24N2O7/c1-35-24-11-19-20(12-25(24)36-2)29(33)21-14-32(31-13-16-3-4-17-7-8-37-23(17)9-16)30(34)28(21)27(19)18-5-6-22-26(10-18)39-15-38-22/h3-6,9-13,33H,7-8,14-15H2,1-2H3/b31-13+. The fourth-order valence-electron chi connectivity index (χ4n) is 5.43. The van der Waals surface area contributed by atoms with Crippen LogP contribution in [-0.4, -0.2) is 49.9 Å². The summed E-state index contributed by atoms with van der Waals surface area (Å²) in [7, 11) is 3.08. The third-order valence-electron chi connectivity index (χ3n) is 7.37. The van der Waals surface area contributed by atoms with E-state index in [0.717, 1.165) is 28.9 Å². The Labute approximate surface area is 223 Å². The number of amides is 1. The molecule has 0 spiro atoms. The second-order valence-corrected chi connectivity index (χ2v) is 9.47.